The van der Waals surface area contributed by atoms with Crippen molar-refractivity contribution in [1.29, 1.82) is 0 Å². The van der Waals surface area contributed by atoms with Crippen molar-refractivity contribution >= 4 is 17.6 Å². The molecular formula is C24H36N6O3. The number of amides is 2. The Labute approximate surface area is 195 Å². The number of hydrogen-bond donors (Lipinski definition) is 3. The summed E-state index contributed by atoms with van der Waals surface area (Å²) >= 11 is 0. The molecule has 1 aliphatic heterocycles. The second kappa shape index (κ2) is 10.3. The summed E-state index contributed by atoms with van der Waals surface area (Å²) in [5.74, 6) is 1.29. The Morgan fingerprint density at radius 2 is 2.09 bits per heavy atom. The molecule has 2 aromatic heterocycles. The average molecular weight is 457 g/mol. The molecule has 2 aromatic rings. The van der Waals surface area contributed by atoms with Gasteiger partial charge in [-0.3, -0.25) is 9.59 Å². The maximum Gasteiger partial charge on any atom is 0.259 e. The maximum absolute atomic E-state index is 13.8. The van der Waals surface area contributed by atoms with Crippen molar-refractivity contribution < 1.29 is 14.0 Å². The van der Waals surface area contributed by atoms with Gasteiger partial charge in [-0.15, -0.1) is 0 Å². The smallest absolute Gasteiger partial charge is 0.259 e. The van der Waals surface area contributed by atoms with E-state index in [4.69, 9.17) is 15.1 Å². The zero-order chi connectivity index (χ0) is 24.2. The summed E-state index contributed by atoms with van der Waals surface area (Å²) in [6.45, 7) is 12.3. The number of anilines is 1. The molecule has 0 saturated carbocycles. The molecule has 0 spiro atoms. The van der Waals surface area contributed by atoms with Gasteiger partial charge in [0, 0.05) is 37.3 Å². The zero-order valence-corrected chi connectivity index (χ0v) is 20.2. The van der Waals surface area contributed by atoms with Crippen LogP contribution in [0.4, 0.5) is 5.82 Å². The second-order valence-corrected chi connectivity index (χ2v) is 10.1. The minimum Gasteiger partial charge on any atom is -0.467 e. The Bertz CT molecular complexity index is 952. The van der Waals surface area contributed by atoms with Gasteiger partial charge in [-0.05, 0) is 24.5 Å². The van der Waals surface area contributed by atoms with E-state index in [9.17, 15) is 9.59 Å². The van der Waals surface area contributed by atoms with Crippen LogP contribution >= 0.6 is 0 Å². The fourth-order valence-electron chi connectivity index (χ4n) is 3.94. The molecule has 1 fully saturated rings. The molecular weight excluding hydrogens is 420 g/mol. The third kappa shape index (κ3) is 6.31. The van der Waals surface area contributed by atoms with Crippen molar-refractivity contribution in [3.63, 3.8) is 0 Å². The van der Waals surface area contributed by atoms with E-state index in [2.05, 4.69) is 29.5 Å². The summed E-state index contributed by atoms with van der Waals surface area (Å²) in [5.41, 5.74) is 5.69. The van der Waals surface area contributed by atoms with Crippen LogP contribution in [-0.2, 0) is 16.8 Å². The molecule has 0 aromatic carbocycles. The fourth-order valence-corrected chi connectivity index (χ4v) is 3.94. The number of hydrogen-bond acceptors (Lipinski definition) is 7. The van der Waals surface area contributed by atoms with E-state index < -0.39 is 0 Å². The number of nitrogens with two attached hydrogens (primary N) is 1. The summed E-state index contributed by atoms with van der Waals surface area (Å²) in [6, 6.07) is 3.54. The Kier molecular flexibility index (Phi) is 7.73. The van der Waals surface area contributed by atoms with Crippen LogP contribution in [0, 0.1) is 11.8 Å². The lowest BCUT2D eigenvalue weighted by molar-refractivity contribution is -0.122. The van der Waals surface area contributed by atoms with E-state index in [0.717, 1.165) is 5.76 Å². The van der Waals surface area contributed by atoms with Crippen LogP contribution in [0.3, 0.4) is 0 Å². The Morgan fingerprint density at radius 1 is 1.33 bits per heavy atom. The molecule has 33 heavy (non-hydrogen) atoms. The van der Waals surface area contributed by atoms with E-state index in [1.54, 1.807) is 12.5 Å². The van der Waals surface area contributed by atoms with Gasteiger partial charge in [0.15, 0.2) is 0 Å². The largest absolute Gasteiger partial charge is 0.467 e. The van der Waals surface area contributed by atoms with Crippen molar-refractivity contribution in [3.05, 3.63) is 41.7 Å². The lowest BCUT2D eigenvalue weighted by Crippen LogP contribution is -2.54. The standard InChI is InChI=1S/C24H36N6O3/c1-15(2)14-30(17-9-16(20(25)31)10-26-11-17)22(32)19-13-28-23(24(3,4)5)29-21(19)27-12-18-7-6-8-33-18/h6-8,13,15-17,26H,9-12,14H2,1-5H3,(H2,25,31)(H,27,28,29)/t16-,17?/m1/s1. The van der Waals surface area contributed by atoms with Crippen LogP contribution in [0.15, 0.2) is 29.0 Å². The van der Waals surface area contributed by atoms with Gasteiger partial charge in [-0.1, -0.05) is 34.6 Å². The highest BCUT2D eigenvalue weighted by molar-refractivity contribution is 5.98. The monoisotopic (exact) mass is 456 g/mol. The summed E-state index contributed by atoms with van der Waals surface area (Å²) in [4.78, 5) is 36.7. The minimum atomic E-state index is -0.345. The number of aromatic nitrogens is 2. The molecule has 3 rings (SSSR count). The molecule has 1 aliphatic rings. The van der Waals surface area contributed by atoms with Gasteiger partial charge in [0.05, 0.1) is 18.7 Å². The van der Waals surface area contributed by atoms with Gasteiger partial charge in [0.2, 0.25) is 5.91 Å². The second-order valence-electron chi connectivity index (χ2n) is 10.1. The van der Waals surface area contributed by atoms with Gasteiger partial charge in [-0.25, -0.2) is 9.97 Å². The number of nitrogens with one attached hydrogen (secondary N) is 2. The highest BCUT2D eigenvalue weighted by Gasteiger charge is 2.34. The van der Waals surface area contributed by atoms with Gasteiger partial charge in [0.25, 0.3) is 5.91 Å². The molecule has 9 heteroatoms. The molecule has 0 radical (unpaired) electrons. The molecule has 1 saturated heterocycles. The molecule has 1 unspecified atom stereocenters. The number of furan rings is 1. The lowest BCUT2D eigenvalue weighted by atomic mass is 9.93. The van der Waals surface area contributed by atoms with E-state index >= 15 is 0 Å². The van der Waals surface area contributed by atoms with E-state index in [0.29, 0.717) is 49.8 Å². The highest BCUT2D eigenvalue weighted by Crippen LogP contribution is 2.25. The normalized spacial score (nSPS) is 18.8. The van der Waals surface area contributed by atoms with Crippen LogP contribution in [-0.4, -0.2) is 52.4 Å². The van der Waals surface area contributed by atoms with Crippen molar-refractivity contribution in [2.75, 3.05) is 25.0 Å². The highest BCUT2D eigenvalue weighted by atomic mass is 16.3. The number of nitrogens with zero attached hydrogens (tertiary/aromatic N) is 3. The predicted molar refractivity (Wildman–Crippen MR) is 127 cm³/mol. The first-order chi connectivity index (χ1) is 15.6. The molecule has 3 heterocycles. The third-order valence-corrected chi connectivity index (χ3v) is 5.69. The Morgan fingerprint density at radius 3 is 2.70 bits per heavy atom. The van der Waals surface area contributed by atoms with Crippen molar-refractivity contribution in [2.45, 2.75) is 59.0 Å². The maximum atomic E-state index is 13.8. The summed E-state index contributed by atoms with van der Waals surface area (Å²) in [7, 11) is 0. The van der Waals surface area contributed by atoms with Crippen LogP contribution in [0.5, 0.6) is 0 Å². The number of primary amides is 1. The van der Waals surface area contributed by atoms with Gasteiger partial charge in [0.1, 0.15) is 23.0 Å². The van der Waals surface area contributed by atoms with E-state index in [1.165, 1.54) is 0 Å². The predicted octanol–water partition coefficient (Wildman–Crippen LogP) is 2.54. The van der Waals surface area contributed by atoms with Gasteiger partial charge in [-0.2, -0.15) is 0 Å². The molecule has 180 valence electrons. The molecule has 9 nitrogen and oxygen atoms in total. The van der Waals surface area contributed by atoms with Crippen LogP contribution in [0.2, 0.25) is 0 Å². The number of carbonyl (C=O) groups is 2. The molecule has 2 amide bonds. The first-order valence-electron chi connectivity index (χ1n) is 11.5. The van der Waals surface area contributed by atoms with Crippen LogP contribution in [0.1, 0.15) is 63.0 Å². The van der Waals surface area contributed by atoms with Crippen LogP contribution in [0.25, 0.3) is 0 Å². The molecule has 2 atom stereocenters. The first kappa shape index (κ1) is 24.7. The van der Waals surface area contributed by atoms with E-state index in [1.807, 2.05) is 37.8 Å². The molecule has 0 bridgehead atoms. The number of piperidine rings is 1. The zero-order valence-electron chi connectivity index (χ0n) is 20.2. The van der Waals surface area contributed by atoms with Crippen molar-refractivity contribution in [2.24, 2.45) is 17.6 Å². The molecule has 4 N–H and O–H groups in total. The Hall–Kier alpha value is -2.94. The van der Waals surface area contributed by atoms with E-state index in [-0.39, 0.29) is 35.1 Å². The van der Waals surface area contributed by atoms with Gasteiger partial charge < -0.3 is 25.7 Å². The summed E-state index contributed by atoms with van der Waals surface area (Å²) in [6.07, 6.45) is 3.76. The van der Waals surface area contributed by atoms with Crippen molar-refractivity contribution in [3.8, 4) is 0 Å². The first-order valence-corrected chi connectivity index (χ1v) is 11.5. The topological polar surface area (TPSA) is 126 Å². The van der Waals surface area contributed by atoms with Crippen LogP contribution < -0.4 is 16.4 Å². The summed E-state index contributed by atoms with van der Waals surface area (Å²) < 4.78 is 5.43. The fraction of sp³-hybridized carbons (Fsp3) is 0.583. The lowest BCUT2D eigenvalue weighted by Gasteiger charge is -2.38. The van der Waals surface area contributed by atoms with Crippen molar-refractivity contribution in [1.82, 2.24) is 20.2 Å². The number of carbonyl (C=O) groups excluding carboxylic acids is 2. The summed E-state index contributed by atoms with van der Waals surface area (Å²) in [5, 5.41) is 6.52. The SMILES string of the molecule is CC(C)CN(C(=O)c1cnc(C(C)(C)C)nc1NCc1ccco1)C1CNC[C@H](C(N)=O)C1. The minimum absolute atomic E-state index is 0.147. The number of rotatable bonds is 8. The van der Waals surface area contributed by atoms with Gasteiger partial charge >= 0.3 is 0 Å². The Balaban J connectivity index is 1.94. The third-order valence-electron chi connectivity index (χ3n) is 5.69. The quantitative estimate of drug-likeness (QED) is 0.557. The average Bonchev–Trinajstić information content (AvgIpc) is 3.28. The molecule has 0 aliphatic carbocycles.